The van der Waals surface area contributed by atoms with Crippen LogP contribution in [0.1, 0.15) is 12.5 Å². The number of hydrogen-bond donors (Lipinski definition) is 2. The Labute approximate surface area is 118 Å². The zero-order valence-electron chi connectivity index (χ0n) is 11.2. The average Bonchev–Trinajstić information content (AvgIpc) is 2.45. The summed E-state index contributed by atoms with van der Waals surface area (Å²) in [6.45, 7) is 5.01. The van der Waals surface area contributed by atoms with Crippen LogP contribution in [0.25, 0.3) is 0 Å². The van der Waals surface area contributed by atoms with Gasteiger partial charge in [0.05, 0.1) is 12.2 Å². The summed E-state index contributed by atoms with van der Waals surface area (Å²) >= 11 is 1.72. The van der Waals surface area contributed by atoms with Gasteiger partial charge in [-0.2, -0.15) is 0 Å². The molecular weight excluding hydrogens is 256 g/mol. The van der Waals surface area contributed by atoms with E-state index in [0.717, 1.165) is 30.5 Å². The quantitative estimate of drug-likeness (QED) is 0.888. The van der Waals surface area contributed by atoms with Crippen molar-refractivity contribution < 1.29 is 0 Å². The molecule has 0 amide bonds. The fourth-order valence-electron chi connectivity index (χ4n) is 2.12. The monoisotopic (exact) mass is 274 g/mol. The van der Waals surface area contributed by atoms with Crippen LogP contribution in [0, 0.1) is 0 Å². The van der Waals surface area contributed by atoms with Crippen LogP contribution in [-0.4, -0.2) is 31.3 Å². The first-order chi connectivity index (χ1) is 9.26. The Kier molecular flexibility index (Phi) is 3.48. The number of benzene rings is 1. The number of aliphatic imine (C=N–C) groups is 1. The van der Waals surface area contributed by atoms with Crippen LogP contribution in [0.5, 0.6) is 0 Å². The van der Waals surface area contributed by atoms with Crippen molar-refractivity contribution in [2.24, 2.45) is 4.99 Å². The molecule has 5 heteroatoms. The van der Waals surface area contributed by atoms with Crippen molar-refractivity contribution in [3.63, 3.8) is 0 Å². The second-order valence-electron chi connectivity index (χ2n) is 4.76. The van der Waals surface area contributed by atoms with E-state index in [1.54, 1.807) is 11.8 Å². The molecule has 0 radical (unpaired) electrons. The highest BCUT2D eigenvalue weighted by atomic mass is 32.2. The zero-order chi connectivity index (χ0) is 13.2. The van der Waals surface area contributed by atoms with Crippen molar-refractivity contribution in [3.05, 3.63) is 34.6 Å². The van der Waals surface area contributed by atoms with Crippen LogP contribution in [0.4, 0.5) is 5.69 Å². The Morgan fingerprint density at radius 3 is 3.16 bits per heavy atom. The van der Waals surface area contributed by atoms with E-state index >= 15 is 0 Å². The second-order valence-corrected chi connectivity index (χ2v) is 5.79. The minimum absolute atomic E-state index is 0.792. The maximum Gasteiger partial charge on any atom is 0.141 e. The first-order valence-corrected chi connectivity index (χ1v) is 7.35. The number of nitrogens with one attached hydrogen (secondary N) is 2. The lowest BCUT2D eigenvalue weighted by atomic mass is 10.2. The van der Waals surface area contributed by atoms with Gasteiger partial charge in [0, 0.05) is 17.7 Å². The Morgan fingerprint density at radius 2 is 2.32 bits per heavy atom. The van der Waals surface area contributed by atoms with Crippen LogP contribution in [0.3, 0.4) is 0 Å². The molecule has 0 atom stereocenters. The normalized spacial score (nSPS) is 16.8. The van der Waals surface area contributed by atoms with Crippen molar-refractivity contribution in [2.75, 3.05) is 25.5 Å². The van der Waals surface area contributed by atoms with Crippen LogP contribution >= 0.6 is 11.8 Å². The Balaban J connectivity index is 1.83. The minimum Gasteiger partial charge on any atom is -0.364 e. The summed E-state index contributed by atoms with van der Waals surface area (Å²) < 4.78 is 0. The van der Waals surface area contributed by atoms with Crippen LogP contribution in [0.15, 0.2) is 38.9 Å². The van der Waals surface area contributed by atoms with Crippen molar-refractivity contribution in [1.29, 1.82) is 0 Å². The van der Waals surface area contributed by atoms with E-state index in [1.807, 2.05) is 6.21 Å². The summed E-state index contributed by atoms with van der Waals surface area (Å²) in [5, 5.41) is 7.79. The van der Waals surface area contributed by atoms with E-state index in [4.69, 9.17) is 0 Å². The first-order valence-electron chi connectivity index (χ1n) is 6.53. The summed E-state index contributed by atoms with van der Waals surface area (Å²) in [5.41, 5.74) is 2.51. The third kappa shape index (κ3) is 2.62. The summed E-state index contributed by atoms with van der Waals surface area (Å²) in [4.78, 5) is 7.95. The summed E-state index contributed by atoms with van der Waals surface area (Å²) in [6.07, 6.45) is 1.91. The van der Waals surface area contributed by atoms with E-state index in [2.05, 4.69) is 52.7 Å². The molecule has 2 aliphatic heterocycles. The molecule has 0 bridgehead atoms. The fourth-order valence-corrected chi connectivity index (χ4v) is 3.03. The number of thioether (sulfide) groups is 1. The highest BCUT2D eigenvalue weighted by molar-refractivity contribution is 8.03. The molecule has 0 spiro atoms. The van der Waals surface area contributed by atoms with E-state index < -0.39 is 0 Å². The van der Waals surface area contributed by atoms with Crippen LogP contribution in [-0.2, 0) is 6.54 Å². The smallest absolute Gasteiger partial charge is 0.141 e. The molecule has 2 heterocycles. The van der Waals surface area contributed by atoms with Gasteiger partial charge >= 0.3 is 0 Å². The summed E-state index contributed by atoms with van der Waals surface area (Å²) in [5.74, 6) is 1.03. The summed E-state index contributed by atoms with van der Waals surface area (Å²) in [6, 6.07) is 6.61. The fraction of sp³-hybridized carbons (Fsp3) is 0.357. The molecular formula is C14H18N4S. The lowest BCUT2D eigenvalue weighted by Crippen LogP contribution is -2.27. The maximum absolute atomic E-state index is 4.42. The third-order valence-electron chi connectivity index (χ3n) is 3.30. The minimum atomic E-state index is 0.792. The molecule has 0 aromatic heterocycles. The second kappa shape index (κ2) is 5.27. The molecule has 0 saturated carbocycles. The van der Waals surface area contributed by atoms with Gasteiger partial charge in [0.25, 0.3) is 0 Å². The highest BCUT2D eigenvalue weighted by Crippen LogP contribution is 2.40. The number of hydrogen-bond acceptors (Lipinski definition) is 5. The van der Waals surface area contributed by atoms with Crippen molar-refractivity contribution in [2.45, 2.75) is 18.4 Å². The number of fused-ring (bicyclic) bond motifs is 1. The molecule has 4 nitrogen and oxygen atoms in total. The molecule has 3 rings (SSSR count). The largest absolute Gasteiger partial charge is 0.364 e. The molecule has 1 aromatic carbocycles. The van der Waals surface area contributed by atoms with Gasteiger partial charge in [-0.1, -0.05) is 24.8 Å². The van der Waals surface area contributed by atoms with Gasteiger partial charge in [0.1, 0.15) is 10.9 Å². The van der Waals surface area contributed by atoms with Gasteiger partial charge in [-0.25, -0.2) is 4.99 Å². The van der Waals surface area contributed by atoms with E-state index in [9.17, 15) is 0 Å². The number of anilines is 1. The number of rotatable bonds is 3. The molecule has 1 aromatic rings. The molecule has 19 heavy (non-hydrogen) atoms. The topological polar surface area (TPSA) is 39.7 Å². The van der Waals surface area contributed by atoms with E-state index in [1.165, 1.54) is 16.1 Å². The lowest BCUT2D eigenvalue weighted by molar-refractivity contribution is 0.346. The van der Waals surface area contributed by atoms with Gasteiger partial charge in [0.2, 0.25) is 0 Å². The van der Waals surface area contributed by atoms with E-state index in [0.29, 0.717) is 0 Å². The zero-order valence-corrected chi connectivity index (χ0v) is 12.0. The van der Waals surface area contributed by atoms with Gasteiger partial charge < -0.3 is 15.5 Å². The van der Waals surface area contributed by atoms with Gasteiger partial charge in [-0.3, -0.25) is 0 Å². The van der Waals surface area contributed by atoms with Gasteiger partial charge in [-0.05, 0) is 31.3 Å². The molecule has 2 N–H and O–H groups in total. The van der Waals surface area contributed by atoms with Crippen LogP contribution < -0.4 is 10.6 Å². The van der Waals surface area contributed by atoms with Gasteiger partial charge in [0.15, 0.2) is 0 Å². The van der Waals surface area contributed by atoms with Crippen molar-refractivity contribution in [1.82, 2.24) is 10.2 Å². The van der Waals surface area contributed by atoms with Crippen molar-refractivity contribution in [3.8, 4) is 0 Å². The maximum atomic E-state index is 4.42. The Hall–Kier alpha value is -1.46. The molecule has 0 saturated heterocycles. The molecule has 2 aliphatic rings. The molecule has 0 aliphatic carbocycles. The SMILES string of the molecule is CCN(C)Cc1ccc2c(c1)NC1=C(N=CCN1)S2. The standard InChI is InChI=1S/C14H18N4S/c1-3-18(2)9-10-4-5-12-11(8-10)17-13-14(19-12)16-7-6-15-13/h4-5,7-8,15,17H,3,6,9H2,1-2H3. The molecule has 0 fully saturated rings. The molecule has 100 valence electrons. The number of nitrogens with zero attached hydrogens (tertiary/aromatic N) is 2. The van der Waals surface area contributed by atoms with Gasteiger partial charge in [-0.15, -0.1) is 0 Å². The lowest BCUT2D eigenvalue weighted by Gasteiger charge is -2.25. The third-order valence-corrected chi connectivity index (χ3v) is 4.37. The predicted octanol–water partition coefficient (Wildman–Crippen LogP) is 2.46. The molecule has 0 unspecified atom stereocenters. The van der Waals surface area contributed by atoms with Crippen LogP contribution in [0.2, 0.25) is 0 Å². The Bertz CT molecular complexity index is 550. The highest BCUT2D eigenvalue weighted by Gasteiger charge is 2.19. The van der Waals surface area contributed by atoms with E-state index in [-0.39, 0.29) is 0 Å². The average molecular weight is 274 g/mol. The van der Waals surface area contributed by atoms with Crippen molar-refractivity contribution >= 4 is 23.7 Å². The summed E-state index contributed by atoms with van der Waals surface area (Å²) in [7, 11) is 2.14. The first kappa shape index (κ1) is 12.6. The Morgan fingerprint density at radius 1 is 1.42 bits per heavy atom. The predicted molar refractivity (Wildman–Crippen MR) is 81.5 cm³/mol.